The first kappa shape index (κ1) is 17.5. The standard InChI is InChI=1S/C28H18BrN/c29-22-16-15-19-17-21(14-13-20(19)18-22)24-10-6-12-27-28(24)25-9-4-5-11-26(25)30(27)23-7-2-1-3-8-23/h1-18H. The third kappa shape index (κ3) is 2.68. The third-order valence-corrected chi connectivity index (χ3v) is 6.32. The molecule has 5 aromatic carbocycles. The van der Waals surface area contributed by atoms with Crippen LogP contribution in [0.3, 0.4) is 0 Å². The number of para-hydroxylation sites is 2. The van der Waals surface area contributed by atoms with Crippen LogP contribution in [0.2, 0.25) is 0 Å². The summed E-state index contributed by atoms with van der Waals surface area (Å²) in [5, 5.41) is 5.07. The number of rotatable bonds is 2. The predicted octanol–water partition coefficient (Wildman–Crippen LogP) is 8.37. The Morgan fingerprint density at radius 1 is 0.567 bits per heavy atom. The van der Waals surface area contributed by atoms with Crippen LogP contribution in [0.1, 0.15) is 0 Å². The van der Waals surface area contributed by atoms with Gasteiger partial charge in [0.15, 0.2) is 0 Å². The molecule has 0 spiro atoms. The van der Waals surface area contributed by atoms with Crippen LogP contribution in [-0.2, 0) is 0 Å². The van der Waals surface area contributed by atoms with Crippen LogP contribution in [0.25, 0.3) is 49.4 Å². The summed E-state index contributed by atoms with van der Waals surface area (Å²) < 4.78 is 3.47. The number of nitrogens with zero attached hydrogens (tertiary/aromatic N) is 1. The first-order valence-corrected chi connectivity index (χ1v) is 10.9. The lowest BCUT2D eigenvalue weighted by atomic mass is 9.97. The third-order valence-electron chi connectivity index (χ3n) is 5.83. The normalized spacial score (nSPS) is 11.5. The van der Waals surface area contributed by atoms with E-state index >= 15 is 0 Å². The highest BCUT2D eigenvalue weighted by atomic mass is 79.9. The van der Waals surface area contributed by atoms with Crippen molar-refractivity contribution in [3.63, 3.8) is 0 Å². The summed E-state index contributed by atoms with van der Waals surface area (Å²) in [7, 11) is 0. The molecule has 0 amide bonds. The molecule has 1 heterocycles. The van der Waals surface area contributed by atoms with E-state index in [-0.39, 0.29) is 0 Å². The Morgan fingerprint density at radius 2 is 1.30 bits per heavy atom. The fourth-order valence-corrected chi connectivity index (χ4v) is 4.88. The van der Waals surface area contributed by atoms with Crippen LogP contribution in [0.5, 0.6) is 0 Å². The first-order chi connectivity index (χ1) is 14.8. The van der Waals surface area contributed by atoms with Gasteiger partial charge in [-0.2, -0.15) is 0 Å². The van der Waals surface area contributed by atoms with Crippen LogP contribution in [0, 0.1) is 0 Å². The van der Waals surface area contributed by atoms with Gasteiger partial charge in [0.1, 0.15) is 0 Å². The monoisotopic (exact) mass is 447 g/mol. The average molecular weight is 448 g/mol. The van der Waals surface area contributed by atoms with Crippen molar-refractivity contribution in [3.8, 4) is 16.8 Å². The van der Waals surface area contributed by atoms with E-state index in [2.05, 4.69) is 130 Å². The van der Waals surface area contributed by atoms with Crippen molar-refractivity contribution < 1.29 is 0 Å². The molecule has 0 saturated heterocycles. The molecule has 0 bridgehead atoms. The average Bonchev–Trinajstić information content (AvgIpc) is 3.14. The maximum Gasteiger partial charge on any atom is 0.0547 e. The van der Waals surface area contributed by atoms with Gasteiger partial charge in [-0.15, -0.1) is 0 Å². The second-order valence-electron chi connectivity index (χ2n) is 7.59. The number of hydrogen-bond donors (Lipinski definition) is 0. The number of halogens is 1. The summed E-state index contributed by atoms with van der Waals surface area (Å²) in [4.78, 5) is 0. The number of aromatic nitrogens is 1. The minimum atomic E-state index is 1.11. The van der Waals surface area contributed by atoms with E-state index in [1.54, 1.807) is 0 Å². The molecule has 0 radical (unpaired) electrons. The molecular weight excluding hydrogens is 430 g/mol. The smallest absolute Gasteiger partial charge is 0.0547 e. The highest BCUT2D eigenvalue weighted by molar-refractivity contribution is 9.10. The minimum Gasteiger partial charge on any atom is -0.309 e. The molecule has 30 heavy (non-hydrogen) atoms. The number of fused-ring (bicyclic) bond motifs is 4. The molecule has 1 aromatic heterocycles. The zero-order valence-corrected chi connectivity index (χ0v) is 17.8. The van der Waals surface area contributed by atoms with E-state index in [1.165, 1.54) is 49.4 Å². The van der Waals surface area contributed by atoms with Gasteiger partial charge < -0.3 is 4.57 Å². The zero-order chi connectivity index (χ0) is 20.1. The second kappa shape index (κ2) is 6.86. The van der Waals surface area contributed by atoms with Gasteiger partial charge in [0.2, 0.25) is 0 Å². The summed E-state index contributed by atoms with van der Waals surface area (Å²) >= 11 is 3.58. The van der Waals surface area contributed by atoms with Crippen LogP contribution < -0.4 is 0 Å². The molecule has 1 nitrogen and oxygen atoms in total. The molecule has 6 rings (SSSR count). The van der Waals surface area contributed by atoms with Crippen LogP contribution >= 0.6 is 15.9 Å². The lowest BCUT2D eigenvalue weighted by Crippen LogP contribution is -1.92. The predicted molar refractivity (Wildman–Crippen MR) is 131 cm³/mol. The lowest BCUT2D eigenvalue weighted by molar-refractivity contribution is 1.18. The molecule has 0 aliphatic rings. The van der Waals surface area contributed by atoms with Gasteiger partial charge in [0, 0.05) is 20.9 Å². The fourth-order valence-electron chi connectivity index (χ4n) is 4.50. The lowest BCUT2D eigenvalue weighted by Gasteiger charge is -2.09. The van der Waals surface area contributed by atoms with E-state index < -0.39 is 0 Å². The summed E-state index contributed by atoms with van der Waals surface area (Å²) in [6, 6.07) is 39.1. The summed E-state index contributed by atoms with van der Waals surface area (Å²) in [5.74, 6) is 0. The van der Waals surface area contributed by atoms with Crippen LogP contribution in [0.4, 0.5) is 0 Å². The summed E-state index contributed by atoms with van der Waals surface area (Å²) in [5.41, 5.74) is 6.16. The van der Waals surface area contributed by atoms with Crippen molar-refractivity contribution in [2.45, 2.75) is 0 Å². The Hall–Kier alpha value is -3.36. The summed E-state index contributed by atoms with van der Waals surface area (Å²) in [6.45, 7) is 0. The molecule has 0 aliphatic carbocycles. The molecule has 6 aromatic rings. The van der Waals surface area contributed by atoms with Crippen molar-refractivity contribution in [3.05, 3.63) is 114 Å². The fraction of sp³-hybridized carbons (Fsp3) is 0. The van der Waals surface area contributed by atoms with Crippen LogP contribution in [-0.4, -0.2) is 4.57 Å². The quantitative estimate of drug-likeness (QED) is 0.251. The highest BCUT2D eigenvalue weighted by Gasteiger charge is 2.15. The summed E-state index contributed by atoms with van der Waals surface area (Å²) in [6.07, 6.45) is 0. The molecule has 0 N–H and O–H groups in total. The van der Waals surface area contributed by atoms with Gasteiger partial charge in [0.25, 0.3) is 0 Å². The molecule has 0 fully saturated rings. The molecule has 0 unspecified atom stereocenters. The largest absolute Gasteiger partial charge is 0.309 e. The van der Waals surface area contributed by atoms with E-state index in [0.29, 0.717) is 0 Å². The van der Waals surface area contributed by atoms with E-state index in [0.717, 1.165) is 4.47 Å². The maximum absolute atomic E-state index is 3.58. The van der Waals surface area contributed by atoms with Gasteiger partial charge in [0.05, 0.1) is 11.0 Å². The first-order valence-electron chi connectivity index (χ1n) is 10.1. The highest BCUT2D eigenvalue weighted by Crippen LogP contribution is 2.39. The molecule has 2 heteroatoms. The Bertz CT molecular complexity index is 1540. The van der Waals surface area contributed by atoms with E-state index in [1.807, 2.05) is 0 Å². The van der Waals surface area contributed by atoms with Crippen molar-refractivity contribution in [1.82, 2.24) is 4.57 Å². The molecule has 0 aliphatic heterocycles. The van der Waals surface area contributed by atoms with Crippen molar-refractivity contribution in [2.24, 2.45) is 0 Å². The number of benzene rings is 5. The minimum absolute atomic E-state index is 1.11. The Kier molecular flexibility index (Phi) is 4.00. The van der Waals surface area contributed by atoms with Crippen LogP contribution in [0.15, 0.2) is 114 Å². The van der Waals surface area contributed by atoms with Gasteiger partial charge in [-0.3, -0.25) is 0 Å². The van der Waals surface area contributed by atoms with E-state index in [9.17, 15) is 0 Å². The van der Waals surface area contributed by atoms with Gasteiger partial charge >= 0.3 is 0 Å². The zero-order valence-electron chi connectivity index (χ0n) is 16.2. The molecule has 0 saturated carbocycles. The molecule has 0 atom stereocenters. The van der Waals surface area contributed by atoms with Gasteiger partial charge in [-0.05, 0) is 64.4 Å². The van der Waals surface area contributed by atoms with Crippen molar-refractivity contribution in [1.29, 1.82) is 0 Å². The maximum atomic E-state index is 3.58. The Balaban J connectivity index is 1.70. The molecular formula is C28H18BrN. The Morgan fingerprint density at radius 3 is 2.20 bits per heavy atom. The Labute approximate surface area is 183 Å². The van der Waals surface area contributed by atoms with Crippen molar-refractivity contribution >= 4 is 48.5 Å². The van der Waals surface area contributed by atoms with Gasteiger partial charge in [-0.25, -0.2) is 0 Å². The second-order valence-corrected chi connectivity index (χ2v) is 8.51. The topological polar surface area (TPSA) is 4.93 Å². The van der Waals surface area contributed by atoms with Crippen molar-refractivity contribution in [2.75, 3.05) is 0 Å². The van der Waals surface area contributed by atoms with E-state index in [4.69, 9.17) is 0 Å². The SMILES string of the molecule is Brc1ccc2cc(-c3cccc4c3c3ccccc3n4-c3ccccc3)ccc2c1. The number of hydrogen-bond acceptors (Lipinski definition) is 0. The molecule has 142 valence electrons. The van der Waals surface area contributed by atoms with Gasteiger partial charge in [-0.1, -0.05) is 82.7 Å².